The summed E-state index contributed by atoms with van der Waals surface area (Å²) in [5.74, 6) is -1.27. The van der Waals surface area contributed by atoms with Crippen molar-refractivity contribution in [2.24, 2.45) is 0 Å². The third-order valence-electron chi connectivity index (χ3n) is 8.11. The third kappa shape index (κ3) is 11.5. The van der Waals surface area contributed by atoms with Crippen molar-refractivity contribution in [2.45, 2.75) is 26.4 Å². The number of hydrogen-bond acceptors (Lipinski definition) is 9. The highest BCUT2D eigenvalue weighted by atomic mass is 35.5. The largest absolute Gasteiger partial charge is 0.586 e. The molecule has 1 amide bonds. The topological polar surface area (TPSA) is 135 Å². The number of hydrogen-bond donors (Lipinski definition) is 2. The van der Waals surface area contributed by atoms with Crippen LogP contribution in [0.15, 0.2) is 109 Å². The molecule has 0 radical (unpaired) electrons. The van der Waals surface area contributed by atoms with Gasteiger partial charge in [-0.2, -0.15) is 0 Å². The Bertz CT molecular complexity index is 2500. The zero-order valence-electron chi connectivity index (χ0n) is 30.9. The summed E-state index contributed by atoms with van der Waals surface area (Å²) in [6.07, 6.45) is -4.24. The number of nitrogens with zero attached hydrogens (tertiary/aromatic N) is 2. The molecule has 0 saturated heterocycles. The van der Waals surface area contributed by atoms with Gasteiger partial charge in [0.15, 0.2) is 23.0 Å². The molecular weight excluding hydrogens is 865 g/mol. The van der Waals surface area contributed by atoms with Crippen LogP contribution in [0.5, 0.6) is 23.0 Å². The SMILES string of the molecule is Cc1cc2c(cc1-c1ccc(N)nc1)OC(F)(F)O2.Cc1cc2c(cc1-c1ccc(NC(=O)c3ccccc3F)nc1)OC(F)(F)O2.ClCCl.O=C(Cl)c1ccccc1F. The number of aromatic nitrogens is 2. The van der Waals surface area contributed by atoms with E-state index in [4.69, 9.17) is 40.5 Å². The van der Waals surface area contributed by atoms with Crippen molar-refractivity contribution in [3.05, 3.63) is 143 Å². The predicted octanol–water partition coefficient (Wildman–Crippen LogP) is 11.4. The quantitative estimate of drug-likeness (QED) is 0.0985. The molecular formula is C41H29Cl3F6N4O6. The van der Waals surface area contributed by atoms with Gasteiger partial charge in [-0.25, -0.2) is 18.7 Å². The van der Waals surface area contributed by atoms with Crippen molar-refractivity contribution in [3.63, 3.8) is 0 Å². The fourth-order valence-electron chi connectivity index (χ4n) is 5.46. The Labute approximate surface area is 352 Å². The predicted molar refractivity (Wildman–Crippen MR) is 213 cm³/mol. The Balaban J connectivity index is 0.000000183. The minimum absolute atomic E-state index is 0.0161. The van der Waals surface area contributed by atoms with Crippen molar-refractivity contribution in [3.8, 4) is 45.3 Å². The monoisotopic (exact) mass is 892 g/mol. The number of anilines is 2. The van der Waals surface area contributed by atoms with Crippen LogP contribution in [0.1, 0.15) is 31.8 Å². The minimum Gasteiger partial charge on any atom is -0.395 e. The van der Waals surface area contributed by atoms with E-state index < -0.39 is 35.4 Å². The van der Waals surface area contributed by atoms with Crippen molar-refractivity contribution >= 4 is 57.6 Å². The van der Waals surface area contributed by atoms with E-state index in [0.29, 0.717) is 22.5 Å². The lowest BCUT2D eigenvalue weighted by atomic mass is 10.0. The number of aryl methyl sites for hydroxylation is 2. The summed E-state index contributed by atoms with van der Waals surface area (Å²) in [6.45, 7) is 3.54. The highest BCUT2D eigenvalue weighted by Crippen LogP contribution is 2.45. The van der Waals surface area contributed by atoms with Gasteiger partial charge in [-0.15, -0.1) is 40.8 Å². The second-order valence-electron chi connectivity index (χ2n) is 12.3. The maximum absolute atomic E-state index is 13.7. The van der Waals surface area contributed by atoms with Gasteiger partial charge in [0.2, 0.25) is 0 Å². The number of carbonyl (C=O) groups excluding carboxylic acids is 2. The van der Waals surface area contributed by atoms with E-state index in [1.165, 1.54) is 72.9 Å². The van der Waals surface area contributed by atoms with E-state index in [1.807, 2.05) is 0 Å². The number of amides is 1. The molecule has 3 N–H and O–H groups in total. The Morgan fingerprint density at radius 3 is 1.45 bits per heavy atom. The fraction of sp³-hybridized carbons (Fsp3) is 0.122. The van der Waals surface area contributed by atoms with Crippen LogP contribution in [-0.4, -0.2) is 39.0 Å². The van der Waals surface area contributed by atoms with Gasteiger partial charge in [0, 0.05) is 23.5 Å². The number of ether oxygens (including phenoxy) is 4. The van der Waals surface area contributed by atoms with Crippen LogP contribution in [-0.2, 0) is 0 Å². The normalized spacial score (nSPS) is 13.3. The number of pyridine rings is 2. The van der Waals surface area contributed by atoms with Crippen molar-refractivity contribution in [1.82, 2.24) is 9.97 Å². The fourth-order valence-corrected chi connectivity index (χ4v) is 5.61. The molecule has 0 atom stereocenters. The van der Waals surface area contributed by atoms with E-state index in [9.17, 15) is 35.9 Å². The highest BCUT2D eigenvalue weighted by Gasteiger charge is 2.44. The van der Waals surface area contributed by atoms with E-state index in [-0.39, 0.29) is 45.3 Å². The molecule has 0 fully saturated rings. The van der Waals surface area contributed by atoms with E-state index in [0.717, 1.165) is 16.7 Å². The zero-order chi connectivity index (χ0) is 43.8. The second-order valence-corrected chi connectivity index (χ2v) is 13.4. The van der Waals surface area contributed by atoms with Crippen LogP contribution in [0.4, 0.5) is 38.0 Å². The molecule has 8 rings (SSSR count). The number of nitrogen functional groups attached to an aromatic ring is 1. The van der Waals surface area contributed by atoms with Crippen molar-refractivity contribution in [2.75, 3.05) is 16.4 Å². The molecule has 0 saturated carbocycles. The smallest absolute Gasteiger partial charge is 0.395 e. The number of fused-ring (bicyclic) bond motifs is 2. The van der Waals surface area contributed by atoms with Gasteiger partial charge in [0.25, 0.3) is 11.1 Å². The molecule has 6 aromatic rings. The number of rotatable bonds is 5. The van der Waals surface area contributed by atoms with Gasteiger partial charge >= 0.3 is 12.6 Å². The first-order chi connectivity index (χ1) is 28.4. The van der Waals surface area contributed by atoms with Crippen LogP contribution in [0.25, 0.3) is 22.3 Å². The summed E-state index contributed by atoms with van der Waals surface area (Å²) in [5, 5.41) is 1.94. The first kappa shape index (κ1) is 44.9. The van der Waals surface area contributed by atoms with Gasteiger partial charge in [-0.05, 0) is 120 Å². The van der Waals surface area contributed by atoms with Crippen molar-refractivity contribution in [1.29, 1.82) is 0 Å². The molecule has 312 valence electrons. The number of carbonyl (C=O) groups is 2. The zero-order valence-corrected chi connectivity index (χ0v) is 33.2. The molecule has 2 aliphatic rings. The molecule has 2 aliphatic heterocycles. The van der Waals surface area contributed by atoms with Gasteiger partial charge in [0.05, 0.1) is 16.5 Å². The minimum atomic E-state index is -3.69. The Morgan fingerprint density at radius 2 is 1.07 bits per heavy atom. The number of halogens is 9. The molecule has 0 aliphatic carbocycles. The Kier molecular flexibility index (Phi) is 14.4. The van der Waals surface area contributed by atoms with Gasteiger partial charge in [-0.1, -0.05) is 24.3 Å². The number of nitrogens with two attached hydrogens (primary N) is 1. The number of alkyl halides is 6. The molecule has 4 heterocycles. The maximum atomic E-state index is 13.7. The molecule has 0 spiro atoms. The first-order valence-corrected chi connectivity index (χ1v) is 18.5. The van der Waals surface area contributed by atoms with Gasteiger partial charge in [-0.3, -0.25) is 9.59 Å². The first-order valence-electron chi connectivity index (χ1n) is 17.0. The average molecular weight is 894 g/mol. The molecule has 60 heavy (non-hydrogen) atoms. The van der Waals surface area contributed by atoms with Crippen LogP contribution >= 0.6 is 34.8 Å². The van der Waals surface area contributed by atoms with Crippen molar-refractivity contribution < 1.29 is 54.9 Å². The average Bonchev–Trinajstić information content (AvgIpc) is 3.67. The Hall–Kier alpha value is -6.23. The lowest BCUT2D eigenvalue weighted by molar-refractivity contribution is -0.287. The number of nitrogens with one attached hydrogen (secondary N) is 1. The molecule has 0 bridgehead atoms. The lowest BCUT2D eigenvalue weighted by Crippen LogP contribution is -2.25. The molecule has 10 nitrogen and oxygen atoms in total. The van der Waals surface area contributed by atoms with E-state index in [2.05, 4.69) is 34.2 Å². The summed E-state index contributed by atoms with van der Waals surface area (Å²) in [7, 11) is 0. The standard InChI is InChI=1S/C20H13F3N2O3.C13H10F2N2O2.C7H4ClFO.CH2Cl2/c1-11-8-16-17(28-20(22,23)27-16)9-14(11)12-6-7-18(24-10-12)25-19(26)13-4-2-3-5-15(13)21;1-7-4-10-11(19-13(14,15)18-10)5-9(7)8-2-3-12(16)17-6-8;8-7(10)5-3-1-2-4-6(5)9;2-1-3/h2-10H,1H3,(H,24,25,26);2-6H,1H3,(H2,16,17);1-4H;1H2. The van der Waals surface area contributed by atoms with E-state index >= 15 is 0 Å². The highest BCUT2D eigenvalue weighted by molar-refractivity contribution is 6.67. The van der Waals surface area contributed by atoms with Gasteiger partial charge < -0.3 is 30.0 Å². The summed E-state index contributed by atoms with van der Waals surface area (Å²) in [4.78, 5) is 30.6. The second kappa shape index (κ2) is 19.2. The summed E-state index contributed by atoms with van der Waals surface area (Å²) >= 11 is 14.6. The van der Waals surface area contributed by atoms with Gasteiger partial charge in [0.1, 0.15) is 23.3 Å². The maximum Gasteiger partial charge on any atom is 0.586 e. The summed E-state index contributed by atoms with van der Waals surface area (Å²) in [5.41, 5.74) is 9.57. The van der Waals surface area contributed by atoms with Crippen LogP contribution < -0.4 is 30.0 Å². The molecule has 19 heteroatoms. The summed E-state index contributed by atoms with van der Waals surface area (Å²) in [6, 6.07) is 23.7. The van der Waals surface area contributed by atoms with Crippen LogP contribution in [0.2, 0.25) is 0 Å². The molecule has 4 aromatic carbocycles. The summed E-state index contributed by atoms with van der Waals surface area (Å²) < 4.78 is 96.4. The molecule has 2 aromatic heterocycles. The van der Waals surface area contributed by atoms with Crippen LogP contribution in [0.3, 0.4) is 0 Å². The lowest BCUT2D eigenvalue weighted by Gasteiger charge is -2.09. The Morgan fingerprint density at radius 1 is 0.650 bits per heavy atom. The third-order valence-corrected chi connectivity index (χ3v) is 8.32. The molecule has 0 unspecified atom stereocenters. The van der Waals surface area contributed by atoms with E-state index in [1.54, 1.807) is 50.4 Å². The number of benzene rings is 4. The van der Waals surface area contributed by atoms with Crippen LogP contribution in [0, 0.1) is 25.5 Å².